The number of nitrogens with zero attached hydrogens (tertiary/aromatic N) is 1. The van der Waals surface area contributed by atoms with Crippen LogP contribution in [0.2, 0.25) is 0 Å². The van der Waals surface area contributed by atoms with Crippen LogP contribution in [0.5, 0.6) is 0 Å². The van der Waals surface area contributed by atoms with E-state index in [2.05, 4.69) is 6.92 Å². The minimum Gasteiger partial charge on any atom is -0.339 e. The molecule has 0 aromatic rings. The molecular weight excluding hydrogens is 238 g/mol. The van der Waals surface area contributed by atoms with E-state index in [0.717, 1.165) is 57.9 Å². The van der Waals surface area contributed by atoms with Crippen molar-refractivity contribution in [3.8, 4) is 0 Å². The van der Waals surface area contributed by atoms with Gasteiger partial charge in [0.2, 0.25) is 5.91 Å². The van der Waals surface area contributed by atoms with E-state index in [1.807, 2.05) is 4.90 Å². The fraction of sp³-hybridized carbons (Fsp3) is 0.875. The molecule has 0 aromatic carbocycles. The second-order valence-corrected chi connectivity index (χ2v) is 6.07. The second kappa shape index (κ2) is 7.06. The third kappa shape index (κ3) is 3.58. The highest BCUT2D eigenvalue weighted by atomic mass is 16.2. The van der Waals surface area contributed by atoms with Crippen LogP contribution in [0.3, 0.4) is 0 Å². The molecule has 108 valence electrons. The highest BCUT2D eigenvalue weighted by molar-refractivity contribution is 5.85. The van der Waals surface area contributed by atoms with Gasteiger partial charge in [-0.3, -0.25) is 9.59 Å². The standard InChI is InChI=1S/C16H27NO2/c1-2-3-4-11-16(19)17-12-6-5-9-14(17)13-8-7-10-15(13)18/h13-14H,2-12H2,1H3. The summed E-state index contributed by atoms with van der Waals surface area (Å²) in [7, 11) is 0. The summed E-state index contributed by atoms with van der Waals surface area (Å²) in [5.41, 5.74) is 0. The Morgan fingerprint density at radius 3 is 2.74 bits per heavy atom. The van der Waals surface area contributed by atoms with Gasteiger partial charge in [0.1, 0.15) is 5.78 Å². The molecule has 0 radical (unpaired) electrons. The van der Waals surface area contributed by atoms with Crippen molar-refractivity contribution in [2.24, 2.45) is 5.92 Å². The lowest BCUT2D eigenvalue weighted by Crippen LogP contribution is -2.48. The molecule has 1 saturated heterocycles. The molecule has 3 nitrogen and oxygen atoms in total. The van der Waals surface area contributed by atoms with Gasteiger partial charge in [-0.05, 0) is 38.5 Å². The van der Waals surface area contributed by atoms with E-state index >= 15 is 0 Å². The average molecular weight is 265 g/mol. The number of piperidine rings is 1. The summed E-state index contributed by atoms with van der Waals surface area (Å²) >= 11 is 0. The van der Waals surface area contributed by atoms with Crippen LogP contribution < -0.4 is 0 Å². The predicted molar refractivity (Wildman–Crippen MR) is 75.8 cm³/mol. The minimum atomic E-state index is 0.149. The van der Waals surface area contributed by atoms with Gasteiger partial charge in [-0.1, -0.05) is 19.8 Å². The van der Waals surface area contributed by atoms with Crippen molar-refractivity contribution in [3.63, 3.8) is 0 Å². The van der Waals surface area contributed by atoms with Crippen LogP contribution in [0.1, 0.15) is 71.1 Å². The molecule has 2 fully saturated rings. The van der Waals surface area contributed by atoms with E-state index in [1.165, 1.54) is 6.42 Å². The number of hydrogen-bond acceptors (Lipinski definition) is 2. The SMILES string of the molecule is CCCCCC(=O)N1CCCCC1C1CCCC1=O. The van der Waals surface area contributed by atoms with Crippen LogP contribution in [-0.4, -0.2) is 29.2 Å². The summed E-state index contributed by atoms with van der Waals surface area (Å²) in [4.78, 5) is 26.4. The summed E-state index contributed by atoms with van der Waals surface area (Å²) < 4.78 is 0. The van der Waals surface area contributed by atoms with Gasteiger partial charge in [-0.2, -0.15) is 0 Å². The van der Waals surface area contributed by atoms with E-state index in [-0.39, 0.29) is 17.9 Å². The topological polar surface area (TPSA) is 37.4 Å². The van der Waals surface area contributed by atoms with E-state index in [4.69, 9.17) is 0 Å². The van der Waals surface area contributed by atoms with Gasteiger partial charge in [0, 0.05) is 31.3 Å². The van der Waals surface area contributed by atoms with Crippen molar-refractivity contribution < 1.29 is 9.59 Å². The van der Waals surface area contributed by atoms with Crippen molar-refractivity contribution in [1.82, 2.24) is 4.90 Å². The van der Waals surface area contributed by atoms with Gasteiger partial charge < -0.3 is 4.90 Å². The van der Waals surface area contributed by atoms with E-state index in [0.29, 0.717) is 12.2 Å². The molecule has 2 rings (SSSR count). The highest BCUT2D eigenvalue weighted by Gasteiger charge is 2.38. The maximum Gasteiger partial charge on any atom is 0.222 e. The molecule has 0 bridgehead atoms. The lowest BCUT2D eigenvalue weighted by atomic mass is 9.88. The predicted octanol–water partition coefficient (Wildman–Crippen LogP) is 3.32. The molecule has 0 N–H and O–H groups in total. The summed E-state index contributed by atoms with van der Waals surface area (Å²) in [5.74, 6) is 0.839. The Labute approximate surface area is 116 Å². The first-order chi connectivity index (χ1) is 9.24. The number of likely N-dealkylation sites (tertiary alicyclic amines) is 1. The molecule has 0 aromatic heterocycles. The number of carbonyl (C=O) groups excluding carboxylic acids is 2. The molecular formula is C16H27NO2. The molecule has 2 aliphatic rings. The Balaban J connectivity index is 1.95. The van der Waals surface area contributed by atoms with Gasteiger partial charge in [0.15, 0.2) is 0 Å². The maximum absolute atomic E-state index is 12.4. The normalized spacial score (nSPS) is 27.8. The number of amides is 1. The van der Waals surface area contributed by atoms with Crippen molar-refractivity contribution in [2.75, 3.05) is 6.54 Å². The molecule has 1 amide bonds. The Morgan fingerprint density at radius 2 is 2.05 bits per heavy atom. The zero-order valence-electron chi connectivity index (χ0n) is 12.2. The molecule has 1 aliphatic carbocycles. The minimum absolute atomic E-state index is 0.149. The number of carbonyl (C=O) groups is 2. The number of Topliss-reactive ketones (excluding diaryl/α,β-unsaturated/α-hetero) is 1. The molecule has 2 unspecified atom stereocenters. The zero-order chi connectivity index (χ0) is 13.7. The second-order valence-electron chi connectivity index (χ2n) is 6.07. The zero-order valence-corrected chi connectivity index (χ0v) is 12.2. The first kappa shape index (κ1) is 14.5. The van der Waals surface area contributed by atoms with Crippen LogP contribution in [0.25, 0.3) is 0 Å². The molecule has 1 heterocycles. The van der Waals surface area contributed by atoms with E-state index in [1.54, 1.807) is 0 Å². The first-order valence-corrected chi connectivity index (χ1v) is 8.06. The number of rotatable bonds is 5. The molecule has 2 atom stereocenters. The quantitative estimate of drug-likeness (QED) is 0.715. The molecule has 1 aliphatic heterocycles. The highest BCUT2D eigenvalue weighted by Crippen LogP contribution is 2.33. The van der Waals surface area contributed by atoms with Crippen LogP contribution in [0, 0.1) is 5.92 Å². The summed E-state index contributed by atoms with van der Waals surface area (Å²) in [6, 6.07) is 0.220. The van der Waals surface area contributed by atoms with Crippen molar-refractivity contribution >= 4 is 11.7 Å². The smallest absolute Gasteiger partial charge is 0.222 e. The van der Waals surface area contributed by atoms with Crippen LogP contribution >= 0.6 is 0 Å². The van der Waals surface area contributed by atoms with Crippen molar-refractivity contribution in [2.45, 2.75) is 77.2 Å². The molecule has 0 spiro atoms. The van der Waals surface area contributed by atoms with Gasteiger partial charge in [0.05, 0.1) is 0 Å². The third-order valence-corrected chi connectivity index (χ3v) is 4.68. The molecule has 19 heavy (non-hydrogen) atoms. The van der Waals surface area contributed by atoms with Crippen LogP contribution in [-0.2, 0) is 9.59 Å². The Hall–Kier alpha value is -0.860. The van der Waals surface area contributed by atoms with Crippen molar-refractivity contribution in [3.05, 3.63) is 0 Å². The van der Waals surface area contributed by atoms with Gasteiger partial charge >= 0.3 is 0 Å². The van der Waals surface area contributed by atoms with Crippen LogP contribution in [0.4, 0.5) is 0 Å². The van der Waals surface area contributed by atoms with Gasteiger partial charge in [-0.15, -0.1) is 0 Å². The lowest BCUT2D eigenvalue weighted by molar-refractivity contribution is -0.138. The molecule has 3 heteroatoms. The summed E-state index contributed by atoms with van der Waals surface area (Å²) in [5, 5.41) is 0. The number of unbranched alkanes of at least 4 members (excludes halogenated alkanes) is 2. The average Bonchev–Trinajstić information content (AvgIpc) is 2.85. The Bertz CT molecular complexity index is 327. The van der Waals surface area contributed by atoms with Crippen LogP contribution in [0.15, 0.2) is 0 Å². The van der Waals surface area contributed by atoms with E-state index in [9.17, 15) is 9.59 Å². The lowest BCUT2D eigenvalue weighted by Gasteiger charge is -2.39. The third-order valence-electron chi connectivity index (χ3n) is 4.68. The molecule has 1 saturated carbocycles. The summed E-state index contributed by atoms with van der Waals surface area (Å²) in [6.45, 7) is 3.03. The van der Waals surface area contributed by atoms with E-state index < -0.39 is 0 Å². The van der Waals surface area contributed by atoms with Gasteiger partial charge in [-0.25, -0.2) is 0 Å². The first-order valence-electron chi connectivity index (χ1n) is 8.06. The largest absolute Gasteiger partial charge is 0.339 e. The monoisotopic (exact) mass is 265 g/mol. The Morgan fingerprint density at radius 1 is 1.21 bits per heavy atom. The Kier molecular flexibility index (Phi) is 5.41. The maximum atomic E-state index is 12.4. The number of hydrogen-bond donors (Lipinski definition) is 0. The van der Waals surface area contributed by atoms with Crippen molar-refractivity contribution in [1.29, 1.82) is 0 Å². The fourth-order valence-corrected chi connectivity index (χ4v) is 3.60. The summed E-state index contributed by atoms with van der Waals surface area (Å²) in [6.07, 6.45) is 10.0. The fourth-order valence-electron chi connectivity index (χ4n) is 3.60. The number of ketones is 1. The van der Waals surface area contributed by atoms with Gasteiger partial charge in [0.25, 0.3) is 0 Å².